The number of hydrogen-bond donors (Lipinski definition) is 1. The Morgan fingerprint density at radius 3 is 2.89 bits per heavy atom. The Balaban J connectivity index is 2.82. The minimum Gasteiger partial charge on any atom is -0.384 e. The average Bonchev–Trinajstić information content (AvgIpc) is 2.86. The fourth-order valence-electron chi connectivity index (χ4n) is 1.77. The van der Waals surface area contributed by atoms with Gasteiger partial charge < -0.3 is 14.7 Å². The molecule has 0 bridgehead atoms. The van der Waals surface area contributed by atoms with E-state index in [1.165, 1.54) is 11.3 Å². The van der Waals surface area contributed by atoms with Crippen molar-refractivity contribution in [3.63, 3.8) is 0 Å². The highest BCUT2D eigenvalue weighted by molar-refractivity contribution is 7.14. The summed E-state index contributed by atoms with van der Waals surface area (Å²) in [5.41, 5.74) is 0. The fourth-order valence-corrected chi connectivity index (χ4v) is 2.61. The van der Waals surface area contributed by atoms with Gasteiger partial charge in [-0.1, -0.05) is 11.8 Å². The molecule has 0 fully saturated rings. The van der Waals surface area contributed by atoms with Crippen molar-refractivity contribution in [2.24, 2.45) is 0 Å². The van der Waals surface area contributed by atoms with Crippen molar-refractivity contribution >= 4 is 17.2 Å². The molecule has 0 aliphatic rings. The first-order chi connectivity index (χ1) is 9.13. The van der Waals surface area contributed by atoms with E-state index in [0.29, 0.717) is 18.0 Å². The summed E-state index contributed by atoms with van der Waals surface area (Å²) in [6, 6.07) is 3.61. The molecule has 104 valence electrons. The number of carbonyl (C=O) groups excluding carboxylic acids is 1. The van der Waals surface area contributed by atoms with Crippen molar-refractivity contribution in [3.05, 3.63) is 21.9 Å². The van der Waals surface area contributed by atoms with Crippen LogP contribution in [0.4, 0.5) is 0 Å². The maximum atomic E-state index is 12.4. The van der Waals surface area contributed by atoms with Gasteiger partial charge in [-0.25, -0.2) is 0 Å². The van der Waals surface area contributed by atoms with E-state index in [4.69, 9.17) is 9.84 Å². The molecule has 0 spiro atoms. The van der Waals surface area contributed by atoms with Gasteiger partial charge in [-0.3, -0.25) is 4.79 Å². The van der Waals surface area contributed by atoms with Crippen molar-refractivity contribution in [2.45, 2.75) is 19.9 Å². The van der Waals surface area contributed by atoms with Crippen LogP contribution >= 0.6 is 11.3 Å². The normalized spacial score (nSPS) is 11.6. The van der Waals surface area contributed by atoms with Crippen LogP contribution in [0.2, 0.25) is 0 Å². The lowest BCUT2D eigenvalue weighted by Gasteiger charge is -2.26. The van der Waals surface area contributed by atoms with E-state index in [1.807, 2.05) is 13.8 Å². The van der Waals surface area contributed by atoms with Gasteiger partial charge in [0.2, 0.25) is 0 Å². The first kappa shape index (κ1) is 15.7. The number of amides is 1. The minimum absolute atomic E-state index is 0.00546. The van der Waals surface area contributed by atoms with Gasteiger partial charge >= 0.3 is 0 Å². The Morgan fingerprint density at radius 1 is 1.58 bits per heavy atom. The van der Waals surface area contributed by atoms with E-state index in [0.717, 1.165) is 4.88 Å². The minimum atomic E-state index is -0.173. The van der Waals surface area contributed by atoms with Crippen LogP contribution in [0.5, 0.6) is 0 Å². The Hall–Kier alpha value is -1.35. The molecule has 0 aromatic carbocycles. The lowest BCUT2D eigenvalue weighted by atomic mass is 10.2. The van der Waals surface area contributed by atoms with Crippen LogP contribution in [0.25, 0.3) is 0 Å². The number of rotatable bonds is 5. The number of ether oxygens (including phenoxy) is 1. The Morgan fingerprint density at radius 2 is 2.32 bits per heavy atom. The number of aliphatic hydroxyl groups excluding tert-OH is 1. The van der Waals surface area contributed by atoms with E-state index < -0.39 is 0 Å². The third-order valence-corrected chi connectivity index (χ3v) is 3.64. The molecule has 0 saturated carbocycles. The van der Waals surface area contributed by atoms with E-state index in [-0.39, 0.29) is 18.6 Å². The molecule has 1 unspecified atom stereocenters. The van der Waals surface area contributed by atoms with E-state index in [9.17, 15) is 4.79 Å². The number of likely N-dealkylation sites (N-methyl/N-ethyl adjacent to an activating group) is 1. The summed E-state index contributed by atoms with van der Waals surface area (Å²) in [6.45, 7) is 4.89. The van der Waals surface area contributed by atoms with Gasteiger partial charge in [0.05, 0.1) is 22.4 Å². The molecule has 1 aromatic heterocycles. The largest absolute Gasteiger partial charge is 0.384 e. The first-order valence-electron chi connectivity index (χ1n) is 6.13. The second-order valence-electron chi connectivity index (χ2n) is 4.02. The average molecular weight is 281 g/mol. The topological polar surface area (TPSA) is 49.8 Å². The molecule has 4 nitrogen and oxygen atoms in total. The van der Waals surface area contributed by atoms with Gasteiger partial charge in [0.15, 0.2) is 0 Å². The predicted molar refractivity (Wildman–Crippen MR) is 76.3 cm³/mol. The highest BCUT2D eigenvalue weighted by atomic mass is 32.1. The second-order valence-corrected chi connectivity index (χ2v) is 5.10. The molecule has 1 N–H and O–H groups in total. The van der Waals surface area contributed by atoms with Crippen LogP contribution in [0.3, 0.4) is 0 Å². The standard InChI is InChI=1S/C14H19NO3S/c1-4-15(11(2)10-18-3)14(17)13-8-7-12(19-13)6-5-9-16/h7-8,11,16H,4,9-10H2,1-3H3. The zero-order chi connectivity index (χ0) is 14.3. The summed E-state index contributed by atoms with van der Waals surface area (Å²) in [4.78, 5) is 15.6. The highest BCUT2D eigenvalue weighted by Crippen LogP contribution is 2.18. The number of aliphatic hydroxyl groups is 1. The van der Waals surface area contributed by atoms with E-state index in [1.54, 1.807) is 24.1 Å². The van der Waals surface area contributed by atoms with Gasteiger partial charge in [-0.15, -0.1) is 11.3 Å². The summed E-state index contributed by atoms with van der Waals surface area (Å²) < 4.78 is 5.09. The molecule has 1 atom stereocenters. The van der Waals surface area contributed by atoms with Crippen LogP contribution in [0.1, 0.15) is 28.4 Å². The quantitative estimate of drug-likeness (QED) is 0.834. The molecular formula is C14H19NO3S. The molecule has 0 aliphatic carbocycles. The zero-order valence-corrected chi connectivity index (χ0v) is 12.3. The van der Waals surface area contributed by atoms with Crippen LogP contribution in [0.15, 0.2) is 12.1 Å². The summed E-state index contributed by atoms with van der Waals surface area (Å²) in [7, 11) is 1.63. The lowest BCUT2D eigenvalue weighted by molar-refractivity contribution is 0.0584. The SMILES string of the molecule is CCN(C(=O)c1ccc(C#CCO)s1)C(C)COC. The fraction of sp³-hybridized carbons (Fsp3) is 0.500. The molecule has 1 heterocycles. The van der Waals surface area contributed by atoms with Crippen LogP contribution in [-0.2, 0) is 4.74 Å². The molecule has 0 radical (unpaired) electrons. The molecule has 1 amide bonds. The third kappa shape index (κ3) is 4.35. The monoisotopic (exact) mass is 281 g/mol. The maximum absolute atomic E-state index is 12.4. The Labute approximate surface area is 118 Å². The predicted octanol–water partition coefficient (Wildman–Crippen LogP) is 1.59. The van der Waals surface area contributed by atoms with Crippen molar-refractivity contribution in [2.75, 3.05) is 26.9 Å². The Kier molecular flexibility index (Phi) is 6.57. The molecule has 0 saturated heterocycles. The van der Waals surface area contributed by atoms with Gasteiger partial charge in [0.25, 0.3) is 5.91 Å². The van der Waals surface area contributed by atoms with Gasteiger partial charge in [0, 0.05) is 13.7 Å². The highest BCUT2D eigenvalue weighted by Gasteiger charge is 2.21. The lowest BCUT2D eigenvalue weighted by Crippen LogP contribution is -2.40. The summed E-state index contributed by atoms with van der Waals surface area (Å²) in [5, 5.41) is 8.64. The third-order valence-electron chi connectivity index (χ3n) is 2.65. The van der Waals surface area contributed by atoms with Crippen LogP contribution in [-0.4, -0.2) is 48.8 Å². The maximum Gasteiger partial charge on any atom is 0.264 e. The smallest absolute Gasteiger partial charge is 0.264 e. The molecule has 0 aliphatic heterocycles. The van der Waals surface area contributed by atoms with E-state index >= 15 is 0 Å². The van der Waals surface area contributed by atoms with Crippen molar-refractivity contribution in [1.82, 2.24) is 4.90 Å². The Bertz CT molecular complexity index is 473. The van der Waals surface area contributed by atoms with Crippen molar-refractivity contribution in [3.8, 4) is 11.8 Å². The van der Waals surface area contributed by atoms with Gasteiger partial charge in [-0.05, 0) is 26.0 Å². The number of hydrogen-bond acceptors (Lipinski definition) is 4. The molecule has 5 heteroatoms. The first-order valence-corrected chi connectivity index (χ1v) is 6.95. The van der Waals surface area contributed by atoms with Crippen molar-refractivity contribution < 1.29 is 14.6 Å². The number of thiophene rings is 1. The molecule has 1 rings (SSSR count). The summed E-state index contributed by atoms with van der Waals surface area (Å²) in [5.74, 6) is 5.37. The van der Waals surface area contributed by atoms with Gasteiger partial charge in [0.1, 0.15) is 6.61 Å². The number of nitrogens with zero attached hydrogens (tertiary/aromatic N) is 1. The zero-order valence-electron chi connectivity index (χ0n) is 11.5. The van der Waals surface area contributed by atoms with Crippen molar-refractivity contribution in [1.29, 1.82) is 0 Å². The van der Waals surface area contributed by atoms with E-state index in [2.05, 4.69) is 11.8 Å². The van der Waals surface area contributed by atoms with Gasteiger partial charge in [-0.2, -0.15) is 0 Å². The molecule has 1 aromatic rings. The van der Waals surface area contributed by atoms with Crippen LogP contribution < -0.4 is 0 Å². The second kappa shape index (κ2) is 7.95. The molecular weight excluding hydrogens is 262 g/mol. The summed E-state index contributed by atoms with van der Waals surface area (Å²) in [6.07, 6.45) is 0. The summed E-state index contributed by atoms with van der Waals surface area (Å²) >= 11 is 1.34. The van der Waals surface area contributed by atoms with Crippen LogP contribution in [0, 0.1) is 11.8 Å². The molecule has 19 heavy (non-hydrogen) atoms. The number of carbonyl (C=O) groups is 1. The number of methoxy groups -OCH3 is 1.